The van der Waals surface area contributed by atoms with Crippen molar-refractivity contribution >= 4 is 0 Å². The number of benzene rings is 1. The van der Waals surface area contributed by atoms with Crippen LogP contribution in [-0.4, -0.2) is 25.8 Å². The van der Waals surface area contributed by atoms with Crippen molar-refractivity contribution in [3.63, 3.8) is 0 Å². The predicted molar refractivity (Wildman–Crippen MR) is 75.5 cm³/mol. The molecule has 3 heteroatoms. The molecule has 0 heterocycles. The molecule has 0 aliphatic rings. The van der Waals surface area contributed by atoms with Crippen molar-refractivity contribution in [3.05, 3.63) is 24.3 Å². The zero-order valence-electron chi connectivity index (χ0n) is 11.7. The lowest BCUT2D eigenvalue weighted by atomic mass is 10.2. The molecule has 1 unspecified atom stereocenters. The highest BCUT2D eigenvalue weighted by molar-refractivity contribution is 5.39. The number of likely N-dealkylation sites (N-methyl/N-ethyl adjacent to an activating group) is 1. The number of rotatable bonds is 9. The zero-order chi connectivity index (χ0) is 13.2. The van der Waals surface area contributed by atoms with Gasteiger partial charge in [0.1, 0.15) is 6.61 Å². The van der Waals surface area contributed by atoms with Gasteiger partial charge in [-0.05, 0) is 32.0 Å². The van der Waals surface area contributed by atoms with Gasteiger partial charge in [-0.15, -0.1) is 0 Å². The van der Waals surface area contributed by atoms with E-state index >= 15 is 0 Å². The van der Waals surface area contributed by atoms with Crippen molar-refractivity contribution in [2.24, 2.45) is 0 Å². The van der Waals surface area contributed by atoms with Gasteiger partial charge < -0.3 is 14.8 Å². The molecule has 0 spiro atoms. The fourth-order valence-electron chi connectivity index (χ4n) is 1.92. The van der Waals surface area contributed by atoms with Crippen molar-refractivity contribution in [2.75, 3.05) is 19.8 Å². The molecule has 0 aliphatic heterocycles. The van der Waals surface area contributed by atoms with E-state index in [0.717, 1.165) is 30.9 Å². The van der Waals surface area contributed by atoms with Crippen LogP contribution in [0.2, 0.25) is 0 Å². The molecule has 0 saturated carbocycles. The Morgan fingerprint density at radius 3 is 2.28 bits per heavy atom. The summed E-state index contributed by atoms with van der Waals surface area (Å²) in [5.74, 6) is 1.66. The number of hydrogen-bond donors (Lipinski definition) is 1. The normalized spacial score (nSPS) is 12.2. The molecule has 3 nitrogen and oxygen atoms in total. The Labute approximate surface area is 110 Å². The summed E-state index contributed by atoms with van der Waals surface area (Å²) >= 11 is 0. The Morgan fingerprint density at radius 1 is 1.06 bits per heavy atom. The van der Waals surface area contributed by atoms with Gasteiger partial charge in [-0.25, -0.2) is 0 Å². The Morgan fingerprint density at radius 2 is 1.72 bits per heavy atom. The van der Waals surface area contributed by atoms with E-state index in [0.29, 0.717) is 19.3 Å². The highest BCUT2D eigenvalue weighted by atomic mass is 16.5. The Kier molecular flexibility index (Phi) is 7.26. The minimum absolute atomic E-state index is 0.412. The largest absolute Gasteiger partial charge is 0.490 e. The van der Waals surface area contributed by atoms with Gasteiger partial charge in [0.05, 0.1) is 6.61 Å². The standard InChI is InChI=1S/C15H25NO2/c1-4-9-13(16-5-2)12-18-15-11-8-7-10-14(15)17-6-3/h7-8,10-11,13,16H,4-6,9,12H2,1-3H3. The van der Waals surface area contributed by atoms with Crippen LogP contribution in [0.15, 0.2) is 24.3 Å². The molecule has 18 heavy (non-hydrogen) atoms. The summed E-state index contributed by atoms with van der Waals surface area (Å²) in [7, 11) is 0. The van der Waals surface area contributed by atoms with Crippen LogP contribution in [0.1, 0.15) is 33.6 Å². The Hall–Kier alpha value is -1.22. The fraction of sp³-hybridized carbons (Fsp3) is 0.600. The van der Waals surface area contributed by atoms with Gasteiger partial charge in [-0.2, -0.15) is 0 Å². The van der Waals surface area contributed by atoms with Crippen LogP contribution in [0.5, 0.6) is 11.5 Å². The smallest absolute Gasteiger partial charge is 0.161 e. The minimum atomic E-state index is 0.412. The van der Waals surface area contributed by atoms with Gasteiger partial charge in [0.25, 0.3) is 0 Å². The van der Waals surface area contributed by atoms with E-state index in [1.165, 1.54) is 0 Å². The summed E-state index contributed by atoms with van der Waals surface area (Å²) in [6.45, 7) is 8.61. The van der Waals surface area contributed by atoms with Gasteiger partial charge in [0.2, 0.25) is 0 Å². The Balaban J connectivity index is 2.54. The molecule has 0 aromatic heterocycles. The maximum atomic E-state index is 5.87. The van der Waals surface area contributed by atoms with Crippen molar-refractivity contribution in [1.29, 1.82) is 0 Å². The van der Waals surface area contributed by atoms with Gasteiger partial charge in [-0.3, -0.25) is 0 Å². The van der Waals surface area contributed by atoms with Crippen LogP contribution in [0.4, 0.5) is 0 Å². The topological polar surface area (TPSA) is 30.5 Å². The van der Waals surface area contributed by atoms with Crippen LogP contribution >= 0.6 is 0 Å². The molecule has 102 valence electrons. The summed E-state index contributed by atoms with van der Waals surface area (Å²) in [6, 6.07) is 8.25. The van der Waals surface area contributed by atoms with E-state index in [-0.39, 0.29) is 0 Å². The van der Waals surface area contributed by atoms with Crippen LogP contribution in [-0.2, 0) is 0 Å². The van der Waals surface area contributed by atoms with E-state index < -0.39 is 0 Å². The van der Waals surface area contributed by atoms with Crippen molar-refractivity contribution < 1.29 is 9.47 Å². The molecule has 0 amide bonds. The molecular formula is C15H25NO2. The molecule has 0 radical (unpaired) electrons. The van der Waals surface area contributed by atoms with Crippen LogP contribution < -0.4 is 14.8 Å². The van der Waals surface area contributed by atoms with Gasteiger partial charge >= 0.3 is 0 Å². The highest BCUT2D eigenvalue weighted by Gasteiger charge is 2.09. The molecule has 1 atom stereocenters. The van der Waals surface area contributed by atoms with E-state index in [4.69, 9.17) is 9.47 Å². The molecule has 1 N–H and O–H groups in total. The first kappa shape index (κ1) is 14.8. The third-order valence-electron chi connectivity index (χ3n) is 2.72. The second-order valence-corrected chi connectivity index (χ2v) is 4.23. The second-order valence-electron chi connectivity index (χ2n) is 4.23. The third-order valence-corrected chi connectivity index (χ3v) is 2.72. The van der Waals surface area contributed by atoms with E-state index in [1.807, 2.05) is 31.2 Å². The quantitative estimate of drug-likeness (QED) is 0.731. The molecular weight excluding hydrogens is 226 g/mol. The molecule has 1 rings (SSSR count). The molecule has 0 aliphatic carbocycles. The molecule has 0 saturated heterocycles. The minimum Gasteiger partial charge on any atom is -0.490 e. The van der Waals surface area contributed by atoms with Crippen molar-refractivity contribution in [1.82, 2.24) is 5.32 Å². The monoisotopic (exact) mass is 251 g/mol. The number of ether oxygens (including phenoxy) is 2. The zero-order valence-corrected chi connectivity index (χ0v) is 11.7. The summed E-state index contributed by atoms with van der Waals surface area (Å²) in [5.41, 5.74) is 0. The maximum Gasteiger partial charge on any atom is 0.161 e. The predicted octanol–water partition coefficient (Wildman–Crippen LogP) is 3.24. The summed E-state index contributed by atoms with van der Waals surface area (Å²) in [5, 5.41) is 3.44. The lowest BCUT2D eigenvalue weighted by Gasteiger charge is -2.19. The van der Waals surface area contributed by atoms with Crippen molar-refractivity contribution in [3.8, 4) is 11.5 Å². The molecule has 1 aromatic carbocycles. The van der Waals surface area contributed by atoms with Crippen LogP contribution in [0.3, 0.4) is 0 Å². The van der Waals surface area contributed by atoms with Crippen LogP contribution in [0.25, 0.3) is 0 Å². The van der Waals surface area contributed by atoms with E-state index in [9.17, 15) is 0 Å². The van der Waals surface area contributed by atoms with Gasteiger partial charge in [-0.1, -0.05) is 32.4 Å². The number of para-hydroxylation sites is 2. The van der Waals surface area contributed by atoms with Gasteiger partial charge in [0.15, 0.2) is 11.5 Å². The van der Waals surface area contributed by atoms with Crippen molar-refractivity contribution in [2.45, 2.75) is 39.7 Å². The number of nitrogens with one attached hydrogen (secondary N) is 1. The van der Waals surface area contributed by atoms with E-state index in [2.05, 4.69) is 19.2 Å². The first-order valence-electron chi connectivity index (χ1n) is 6.89. The first-order valence-corrected chi connectivity index (χ1v) is 6.89. The average Bonchev–Trinajstić information content (AvgIpc) is 2.38. The number of hydrogen-bond acceptors (Lipinski definition) is 3. The SMILES string of the molecule is CCCC(COc1ccccc1OCC)NCC. The first-order chi connectivity index (χ1) is 8.81. The lowest BCUT2D eigenvalue weighted by molar-refractivity contribution is 0.239. The maximum absolute atomic E-state index is 5.87. The molecule has 0 bridgehead atoms. The molecule has 1 aromatic rings. The Bertz CT molecular complexity index is 322. The van der Waals surface area contributed by atoms with Crippen LogP contribution in [0, 0.1) is 0 Å². The summed E-state index contributed by atoms with van der Waals surface area (Å²) in [4.78, 5) is 0. The summed E-state index contributed by atoms with van der Waals surface area (Å²) < 4.78 is 11.4. The highest BCUT2D eigenvalue weighted by Crippen LogP contribution is 2.26. The average molecular weight is 251 g/mol. The summed E-state index contributed by atoms with van der Waals surface area (Å²) in [6.07, 6.45) is 2.29. The molecule has 0 fully saturated rings. The third kappa shape index (κ3) is 4.96. The van der Waals surface area contributed by atoms with Gasteiger partial charge in [0, 0.05) is 6.04 Å². The fourth-order valence-corrected chi connectivity index (χ4v) is 1.92. The lowest BCUT2D eigenvalue weighted by Crippen LogP contribution is -2.34. The second kappa shape index (κ2) is 8.81. The van der Waals surface area contributed by atoms with E-state index in [1.54, 1.807) is 0 Å².